The van der Waals surface area contributed by atoms with Crippen molar-refractivity contribution in [2.75, 3.05) is 0 Å². The zero-order valence-electron chi connectivity index (χ0n) is 9.44. The summed E-state index contributed by atoms with van der Waals surface area (Å²) in [5, 5.41) is 8.50. The fourth-order valence-corrected chi connectivity index (χ4v) is 1.80. The van der Waals surface area contributed by atoms with Crippen LogP contribution in [0.1, 0.15) is 30.9 Å². The van der Waals surface area contributed by atoms with Crippen molar-refractivity contribution in [2.24, 2.45) is 5.41 Å². The molecule has 1 saturated carbocycles. The number of benzene rings is 1. The van der Waals surface area contributed by atoms with E-state index in [0.717, 1.165) is 18.1 Å². The van der Waals surface area contributed by atoms with Crippen LogP contribution in [0.5, 0.6) is 0 Å². The highest BCUT2D eigenvalue weighted by Crippen LogP contribution is 2.47. The lowest BCUT2D eigenvalue weighted by Crippen LogP contribution is -1.98. The number of rotatable bonds is 4. The van der Waals surface area contributed by atoms with Crippen LogP contribution in [0.4, 0.5) is 0 Å². The van der Waals surface area contributed by atoms with Gasteiger partial charge in [0.25, 0.3) is 0 Å². The Hall–Kier alpha value is -1.57. The Morgan fingerprint density at radius 2 is 2.00 bits per heavy atom. The fraction of sp³-hybridized carbons (Fsp3) is 0.357. The van der Waals surface area contributed by atoms with Gasteiger partial charge in [-0.1, -0.05) is 31.2 Å². The highest BCUT2D eigenvalue weighted by atomic mass is 16.4. The van der Waals surface area contributed by atoms with Crippen LogP contribution in [0.2, 0.25) is 0 Å². The Labute approximate surface area is 95.6 Å². The Balaban J connectivity index is 2.01. The molecule has 0 radical (unpaired) electrons. The van der Waals surface area contributed by atoms with Gasteiger partial charge in [-0.2, -0.15) is 0 Å². The van der Waals surface area contributed by atoms with Gasteiger partial charge in [-0.3, -0.25) is 0 Å². The van der Waals surface area contributed by atoms with Crippen LogP contribution < -0.4 is 0 Å². The molecule has 0 amide bonds. The quantitative estimate of drug-likeness (QED) is 0.785. The molecule has 1 aromatic carbocycles. The van der Waals surface area contributed by atoms with Crippen molar-refractivity contribution in [3.8, 4) is 0 Å². The van der Waals surface area contributed by atoms with Crippen molar-refractivity contribution < 1.29 is 9.90 Å². The standard InChI is InChI=1S/C14H16O2/c1-14(8-9-14)10-12-4-2-11(3-5-12)6-7-13(15)16/h2-7H,8-10H2,1H3,(H,15,16)/b7-6+. The molecule has 0 saturated heterocycles. The van der Waals surface area contributed by atoms with Gasteiger partial charge >= 0.3 is 5.97 Å². The minimum absolute atomic E-state index is 0.526. The molecule has 1 N–H and O–H groups in total. The van der Waals surface area contributed by atoms with Crippen molar-refractivity contribution in [3.63, 3.8) is 0 Å². The molecule has 1 fully saturated rings. The molecule has 0 heterocycles. The second-order valence-corrected chi connectivity index (χ2v) is 4.90. The maximum Gasteiger partial charge on any atom is 0.328 e. The molecule has 0 bridgehead atoms. The van der Waals surface area contributed by atoms with E-state index in [2.05, 4.69) is 19.1 Å². The third kappa shape index (κ3) is 2.96. The minimum Gasteiger partial charge on any atom is -0.478 e. The molecule has 1 aliphatic rings. The number of hydrogen-bond acceptors (Lipinski definition) is 1. The Kier molecular flexibility index (Phi) is 2.82. The maximum absolute atomic E-state index is 10.3. The first-order valence-electron chi connectivity index (χ1n) is 5.57. The normalized spacial score (nSPS) is 17.6. The van der Waals surface area contributed by atoms with E-state index in [1.54, 1.807) is 6.08 Å². The smallest absolute Gasteiger partial charge is 0.328 e. The molecule has 0 unspecified atom stereocenters. The third-order valence-electron chi connectivity index (χ3n) is 3.13. The van der Waals surface area contributed by atoms with E-state index in [-0.39, 0.29) is 0 Å². The summed E-state index contributed by atoms with van der Waals surface area (Å²) in [6, 6.07) is 8.12. The Morgan fingerprint density at radius 1 is 1.38 bits per heavy atom. The molecule has 84 valence electrons. The van der Waals surface area contributed by atoms with Crippen LogP contribution in [0, 0.1) is 5.41 Å². The van der Waals surface area contributed by atoms with Gasteiger partial charge in [-0.25, -0.2) is 4.79 Å². The average Bonchev–Trinajstić information content (AvgIpc) is 2.95. The van der Waals surface area contributed by atoms with Crippen LogP contribution in [0.3, 0.4) is 0 Å². The summed E-state index contributed by atoms with van der Waals surface area (Å²) in [6.07, 6.45) is 6.57. The number of carbonyl (C=O) groups is 1. The van der Waals surface area contributed by atoms with E-state index in [1.807, 2.05) is 12.1 Å². The van der Waals surface area contributed by atoms with Gasteiger partial charge in [0.05, 0.1) is 0 Å². The van der Waals surface area contributed by atoms with E-state index in [0.29, 0.717) is 5.41 Å². The molecule has 0 aliphatic heterocycles. The molecule has 0 atom stereocenters. The summed E-state index contributed by atoms with van der Waals surface area (Å²) in [4.78, 5) is 10.3. The van der Waals surface area contributed by atoms with Crippen LogP contribution in [0.15, 0.2) is 30.3 Å². The predicted octanol–water partition coefficient (Wildman–Crippen LogP) is 3.13. The topological polar surface area (TPSA) is 37.3 Å². The van der Waals surface area contributed by atoms with Crippen molar-refractivity contribution in [2.45, 2.75) is 26.2 Å². The van der Waals surface area contributed by atoms with Crippen LogP contribution in [0.25, 0.3) is 6.08 Å². The third-order valence-corrected chi connectivity index (χ3v) is 3.13. The van der Waals surface area contributed by atoms with Gasteiger partial charge in [-0.15, -0.1) is 0 Å². The summed E-state index contributed by atoms with van der Waals surface area (Å²) >= 11 is 0. The van der Waals surface area contributed by atoms with Crippen molar-refractivity contribution in [1.29, 1.82) is 0 Å². The van der Waals surface area contributed by atoms with Crippen molar-refractivity contribution in [1.82, 2.24) is 0 Å². The summed E-state index contributed by atoms with van der Waals surface area (Å²) in [6.45, 7) is 2.31. The molecule has 2 rings (SSSR count). The number of aliphatic carboxylic acids is 1. The molecular weight excluding hydrogens is 200 g/mol. The SMILES string of the molecule is CC1(Cc2ccc(/C=C/C(=O)O)cc2)CC1. The van der Waals surface area contributed by atoms with Gasteiger partial charge in [0.2, 0.25) is 0 Å². The summed E-state index contributed by atoms with van der Waals surface area (Å²) < 4.78 is 0. The molecule has 0 spiro atoms. The lowest BCUT2D eigenvalue weighted by molar-refractivity contribution is -0.131. The van der Waals surface area contributed by atoms with Crippen LogP contribution in [-0.4, -0.2) is 11.1 Å². The molecule has 1 aromatic rings. The zero-order valence-corrected chi connectivity index (χ0v) is 9.44. The lowest BCUT2D eigenvalue weighted by Gasteiger charge is -2.07. The van der Waals surface area contributed by atoms with Crippen molar-refractivity contribution >= 4 is 12.0 Å². The molecule has 0 aromatic heterocycles. The van der Waals surface area contributed by atoms with E-state index in [9.17, 15) is 4.79 Å². The van der Waals surface area contributed by atoms with E-state index in [4.69, 9.17) is 5.11 Å². The van der Waals surface area contributed by atoms with E-state index in [1.165, 1.54) is 18.4 Å². The summed E-state index contributed by atoms with van der Waals surface area (Å²) in [7, 11) is 0. The van der Waals surface area contributed by atoms with Gasteiger partial charge in [0.15, 0.2) is 0 Å². The van der Waals surface area contributed by atoms with Crippen LogP contribution in [-0.2, 0) is 11.2 Å². The Morgan fingerprint density at radius 3 is 2.50 bits per heavy atom. The summed E-state index contributed by atoms with van der Waals surface area (Å²) in [5.74, 6) is -0.908. The number of carboxylic acids is 1. The second-order valence-electron chi connectivity index (χ2n) is 4.90. The minimum atomic E-state index is -0.908. The van der Waals surface area contributed by atoms with Crippen molar-refractivity contribution in [3.05, 3.63) is 41.5 Å². The number of carboxylic acid groups (broad SMARTS) is 1. The largest absolute Gasteiger partial charge is 0.478 e. The highest BCUT2D eigenvalue weighted by molar-refractivity contribution is 5.85. The first-order chi connectivity index (χ1) is 7.57. The average molecular weight is 216 g/mol. The van der Waals surface area contributed by atoms with E-state index < -0.39 is 5.97 Å². The van der Waals surface area contributed by atoms with Crippen LogP contribution >= 0.6 is 0 Å². The second kappa shape index (κ2) is 4.12. The first-order valence-corrected chi connectivity index (χ1v) is 5.57. The van der Waals surface area contributed by atoms with Gasteiger partial charge in [0, 0.05) is 6.08 Å². The maximum atomic E-state index is 10.3. The van der Waals surface area contributed by atoms with Gasteiger partial charge < -0.3 is 5.11 Å². The fourth-order valence-electron chi connectivity index (χ4n) is 1.80. The number of hydrogen-bond donors (Lipinski definition) is 1. The Bertz CT molecular complexity index is 411. The zero-order chi connectivity index (χ0) is 11.6. The van der Waals surface area contributed by atoms with Gasteiger partial charge in [-0.05, 0) is 41.9 Å². The predicted molar refractivity (Wildman–Crippen MR) is 64.2 cm³/mol. The highest BCUT2D eigenvalue weighted by Gasteiger charge is 2.36. The molecule has 16 heavy (non-hydrogen) atoms. The molecule has 2 nitrogen and oxygen atoms in total. The monoisotopic (exact) mass is 216 g/mol. The molecule has 1 aliphatic carbocycles. The molecular formula is C14H16O2. The lowest BCUT2D eigenvalue weighted by atomic mass is 9.98. The van der Waals surface area contributed by atoms with Gasteiger partial charge in [0.1, 0.15) is 0 Å². The first kappa shape index (κ1) is 10.9. The van der Waals surface area contributed by atoms with E-state index >= 15 is 0 Å². The summed E-state index contributed by atoms with van der Waals surface area (Å²) in [5.41, 5.74) is 2.80. The molecule has 2 heteroatoms.